The van der Waals surface area contributed by atoms with Crippen LogP contribution in [0.5, 0.6) is 0 Å². The first-order valence-corrected chi connectivity index (χ1v) is 10.9. The summed E-state index contributed by atoms with van der Waals surface area (Å²) in [6, 6.07) is 15.6. The largest absolute Gasteiger partial charge is 0.377 e. The van der Waals surface area contributed by atoms with Gasteiger partial charge in [-0.1, -0.05) is 57.0 Å². The van der Waals surface area contributed by atoms with Crippen LogP contribution in [0, 0.1) is 5.92 Å². The number of amides is 2. The molecule has 162 valence electrons. The quantitative estimate of drug-likeness (QED) is 0.556. The number of nitrogens with one attached hydrogen (secondary N) is 2. The van der Waals surface area contributed by atoms with Gasteiger partial charge in [0.2, 0.25) is 5.91 Å². The Labute approximate surface area is 180 Å². The van der Waals surface area contributed by atoms with E-state index in [1.54, 1.807) is 6.07 Å². The molecule has 1 atom stereocenters. The van der Waals surface area contributed by atoms with E-state index in [9.17, 15) is 9.59 Å². The summed E-state index contributed by atoms with van der Waals surface area (Å²) in [5.41, 5.74) is 3.23. The Bertz CT molecular complexity index is 818. The molecule has 0 saturated heterocycles. The minimum absolute atomic E-state index is 0.00150. The smallest absolute Gasteiger partial charge is 0.253 e. The molecule has 0 radical (unpaired) electrons. The van der Waals surface area contributed by atoms with Crippen molar-refractivity contribution >= 4 is 23.2 Å². The van der Waals surface area contributed by atoms with E-state index >= 15 is 0 Å². The highest BCUT2D eigenvalue weighted by Crippen LogP contribution is 2.24. The third-order valence-corrected chi connectivity index (χ3v) is 5.30. The first kappa shape index (κ1) is 23.5. The Kier molecular flexibility index (Phi) is 9.39. The number of carbonyl (C=O) groups is 2. The molecule has 0 aliphatic carbocycles. The van der Waals surface area contributed by atoms with Crippen molar-refractivity contribution in [2.75, 3.05) is 30.9 Å². The van der Waals surface area contributed by atoms with Crippen LogP contribution in [0.2, 0.25) is 0 Å². The van der Waals surface area contributed by atoms with E-state index in [1.165, 1.54) is 5.56 Å². The summed E-state index contributed by atoms with van der Waals surface area (Å²) >= 11 is 0. The molecule has 5 nitrogen and oxygen atoms in total. The van der Waals surface area contributed by atoms with Gasteiger partial charge >= 0.3 is 0 Å². The summed E-state index contributed by atoms with van der Waals surface area (Å²) < 4.78 is 0. The lowest BCUT2D eigenvalue weighted by molar-refractivity contribution is -0.120. The molecule has 5 heteroatoms. The molecular weight excluding hydrogens is 374 g/mol. The monoisotopic (exact) mass is 409 g/mol. The van der Waals surface area contributed by atoms with Crippen molar-refractivity contribution in [1.29, 1.82) is 0 Å². The fraction of sp³-hybridized carbons (Fsp3) is 0.440. The van der Waals surface area contributed by atoms with Gasteiger partial charge in [0.25, 0.3) is 5.91 Å². The lowest BCUT2D eigenvalue weighted by atomic mass is 9.98. The second-order valence-electron chi connectivity index (χ2n) is 7.85. The average Bonchev–Trinajstić information content (AvgIpc) is 2.74. The second-order valence-corrected chi connectivity index (χ2v) is 7.85. The third-order valence-electron chi connectivity index (χ3n) is 5.30. The lowest BCUT2D eigenvalue weighted by Crippen LogP contribution is -2.28. The van der Waals surface area contributed by atoms with Crippen LogP contribution in [0.3, 0.4) is 0 Å². The first-order valence-electron chi connectivity index (χ1n) is 10.9. The van der Waals surface area contributed by atoms with Crippen LogP contribution >= 0.6 is 0 Å². The van der Waals surface area contributed by atoms with Crippen LogP contribution in [-0.4, -0.2) is 32.5 Å². The average molecular weight is 410 g/mol. The molecule has 2 amide bonds. The summed E-state index contributed by atoms with van der Waals surface area (Å²) in [7, 11) is 3.82. The van der Waals surface area contributed by atoms with E-state index in [1.807, 2.05) is 56.3 Å². The van der Waals surface area contributed by atoms with E-state index in [4.69, 9.17) is 0 Å². The van der Waals surface area contributed by atoms with E-state index in [2.05, 4.69) is 29.7 Å². The van der Waals surface area contributed by atoms with Gasteiger partial charge in [0.1, 0.15) is 0 Å². The number of carbonyl (C=O) groups excluding carboxylic acids is 2. The lowest BCUT2D eigenvalue weighted by Gasteiger charge is -2.20. The highest BCUT2D eigenvalue weighted by Gasteiger charge is 2.18. The van der Waals surface area contributed by atoms with Gasteiger partial charge in [-0.2, -0.15) is 0 Å². The Morgan fingerprint density at radius 1 is 1.03 bits per heavy atom. The predicted molar refractivity (Wildman–Crippen MR) is 125 cm³/mol. The maximum absolute atomic E-state index is 12.9. The zero-order chi connectivity index (χ0) is 21.9. The van der Waals surface area contributed by atoms with Gasteiger partial charge in [-0.15, -0.1) is 0 Å². The van der Waals surface area contributed by atoms with Crippen molar-refractivity contribution in [3.8, 4) is 0 Å². The van der Waals surface area contributed by atoms with E-state index in [0.717, 1.165) is 37.8 Å². The Morgan fingerprint density at radius 3 is 2.40 bits per heavy atom. The molecule has 0 aliphatic rings. The van der Waals surface area contributed by atoms with E-state index in [0.29, 0.717) is 17.8 Å². The molecule has 2 N–H and O–H groups in total. The standard InChI is InChI=1S/C25H35N3O2/c1-5-7-13-20(6-2)24(29)27-21-14-15-23(28(3)4)22(18-21)25(30)26-17-16-19-11-9-8-10-12-19/h8-12,14-15,18,20H,5-7,13,16-17H2,1-4H3,(H,26,30)(H,27,29)/t20-/m0/s1. The summed E-state index contributed by atoms with van der Waals surface area (Å²) in [5, 5.41) is 6.01. The van der Waals surface area contributed by atoms with Crippen molar-refractivity contribution in [1.82, 2.24) is 5.32 Å². The molecule has 0 spiro atoms. The van der Waals surface area contributed by atoms with Crippen molar-refractivity contribution in [3.63, 3.8) is 0 Å². The van der Waals surface area contributed by atoms with Crippen LogP contribution < -0.4 is 15.5 Å². The fourth-order valence-corrected chi connectivity index (χ4v) is 3.46. The molecule has 2 rings (SSSR count). The fourth-order valence-electron chi connectivity index (χ4n) is 3.46. The maximum atomic E-state index is 12.9. The molecular formula is C25H35N3O2. The summed E-state index contributed by atoms with van der Waals surface area (Å²) in [5.74, 6) is -0.107. The number of hydrogen-bond donors (Lipinski definition) is 2. The molecule has 0 aromatic heterocycles. The molecule has 0 aliphatic heterocycles. The molecule has 0 unspecified atom stereocenters. The summed E-state index contributed by atoms with van der Waals surface area (Å²) in [6.45, 7) is 4.73. The number of anilines is 2. The van der Waals surface area contributed by atoms with Crippen LogP contribution in [0.1, 0.15) is 55.5 Å². The zero-order valence-electron chi connectivity index (χ0n) is 18.7. The number of benzene rings is 2. The van der Waals surface area contributed by atoms with Crippen LogP contribution in [0.15, 0.2) is 48.5 Å². The molecule has 2 aromatic rings. The van der Waals surface area contributed by atoms with Gasteiger partial charge in [0.15, 0.2) is 0 Å². The topological polar surface area (TPSA) is 61.4 Å². The van der Waals surface area contributed by atoms with Gasteiger partial charge < -0.3 is 15.5 Å². The highest BCUT2D eigenvalue weighted by molar-refractivity contribution is 6.02. The van der Waals surface area contributed by atoms with Crippen molar-refractivity contribution in [2.45, 2.75) is 46.0 Å². The van der Waals surface area contributed by atoms with Gasteiger partial charge in [0, 0.05) is 37.9 Å². The van der Waals surface area contributed by atoms with Gasteiger partial charge in [-0.05, 0) is 43.0 Å². The Morgan fingerprint density at radius 2 is 1.77 bits per heavy atom. The van der Waals surface area contributed by atoms with E-state index < -0.39 is 0 Å². The predicted octanol–water partition coefficient (Wildman–Crippen LogP) is 4.88. The van der Waals surface area contributed by atoms with Crippen molar-refractivity contribution in [2.24, 2.45) is 5.92 Å². The number of nitrogens with zero attached hydrogens (tertiary/aromatic N) is 1. The summed E-state index contributed by atoms with van der Waals surface area (Å²) in [6.07, 6.45) is 4.60. The number of rotatable bonds is 11. The molecule has 0 fully saturated rings. The van der Waals surface area contributed by atoms with Gasteiger partial charge in [-0.25, -0.2) is 0 Å². The van der Waals surface area contributed by atoms with Gasteiger partial charge in [0.05, 0.1) is 5.56 Å². The summed E-state index contributed by atoms with van der Waals surface area (Å²) in [4.78, 5) is 27.4. The second kappa shape index (κ2) is 12.0. The molecule has 30 heavy (non-hydrogen) atoms. The van der Waals surface area contributed by atoms with Crippen LogP contribution in [0.4, 0.5) is 11.4 Å². The SMILES string of the molecule is CCCC[C@H](CC)C(=O)Nc1ccc(N(C)C)c(C(=O)NCCc2ccccc2)c1. The highest BCUT2D eigenvalue weighted by atomic mass is 16.2. The van der Waals surface area contributed by atoms with Crippen LogP contribution in [-0.2, 0) is 11.2 Å². The number of hydrogen-bond acceptors (Lipinski definition) is 3. The molecule has 0 saturated carbocycles. The maximum Gasteiger partial charge on any atom is 0.253 e. The molecule has 0 heterocycles. The van der Waals surface area contributed by atoms with Gasteiger partial charge in [-0.3, -0.25) is 9.59 Å². The van der Waals surface area contributed by atoms with E-state index in [-0.39, 0.29) is 17.7 Å². The Balaban J connectivity index is 2.09. The molecule has 2 aromatic carbocycles. The third kappa shape index (κ3) is 6.90. The minimum atomic E-state index is -0.135. The minimum Gasteiger partial charge on any atom is -0.377 e. The molecule has 0 bridgehead atoms. The normalized spacial score (nSPS) is 11.6. The number of unbranched alkanes of at least 4 members (excludes halogenated alkanes) is 1. The Hall–Kier alpha value is -2.82. The van der Waals surface area contributed by atoms with Crippen molar-refractivity contribution in [3.05, 3.63) is 59.7 Å². The first-order chi connectivity index (χ1) is 14.5. The van der Waals surface area contributed by atoms with Crippen molar-refractivity contribution < 1.29 is 9.59 Å². The van der Waals surface area contributed by atoms with Crippen LogP contribution in [0.25, 0.3) is 0 Å². The zero-order valence-corrected chi connectivity index (χ0v) is 18.7.